The van der Waals surface area contributed by atoms with E-state index < -0.39 is 27.7 Å². The highest BCUT2D eigenvalue weighted by molar-refractivity contribution is 7.89. The highest BCUT2D eigenvalue weighted by atomic mass is 35.5. The van der Waals surface area contributed by atoms with Gasteiger partial charge in [0, 0.05) is 30.0 Å². The Balaban J connectivity index is 1.87. The molecule has 0 saturated heterocycles. The molecule has 1 aliphatic rings. The maximum absolute atomic E-state index is 13.9. The van der Waals surface area contributed by atoms with Crippen molar-refractivity contribution in [3.05, 3.63) is 88.7 Å². The topological polar surface area (TPSA) is 42.3 Å². The van der Waals surface area contributed by atoms with Crippen molar-refractivity contribution >= 4 is 21.6 Å². The van der Waals surface area contributed by atoms with Crippen LogP contribution in [0.5, 0.6) is 0 Å². The number of hydrogen-bond acceptors (Lipinski definition) is 2. The average molecular weight is 409 g/mol. The lowest BCUT2D eigenvalue weighted by Crippen LogP contribution is -2.42. The number of hydrogen-bond donors (Lipinski definition) is 0. The minimum atomic E-state index is -3.91. The number of fused-ring (bicyclic) bond motifs is 1. The SMILES string of the molecule is O=S(=O)(c1cccc(Cl)c1)N1CCn2cccc2C1c1ccc(F)c(F)c1. The third kappa shape index (κ3) is 3.16. The third-order valence-corrected chi connectivity index (χ3v) is 6.75. The number of nitrogens with zero attached hydrogens (tertiary/aromatic N) is 2. The molecule has 4 rings (SSSR count). The quantitative estimate of drug-likeness (QED) is 0.651. The van der Waals surface area contributed by atoms with Crippen LogP contribution in [0.1, 0.15) is 17.3 Å². The van der Waals surface area contributed by atoms with E-state index in [-0.39, 0.29) is 11.4 Å². The molecule has 4 nitrogen and oxygen atoms in total. The summed E-state index contributed by atoms with van der Waals surface area (Å²) in [5.74, 6) is -1.99. The Kier molecular flexibility index (Phi) is 4.53. The van der Waals surface area contributed by atoms with Gasteiger partial charge in [-0.3, -0.25) is 0 Å². The van der Waals surface area contributed by atoms with Gasteiger partial charge >= 0.3 is 0 Å². The van der Waals surface area contributed by atoms with Gasteiger partial charge in [-0.05, 0) is 48.0 Å². The van der Waals surface area contributed by atoms with Crippen molar-refractivity contribution in [1.29, 1.82) is 0 Å². The van der Waals surface area contributed by atoms with Crippen molar-refractivity contribution in [1.82, 2.24) is 8.87 Å². The summed E-state index contributed by atoms with van der Waals surface area (Å²) in [4.78, 5) is 0.0580. The number of halogens is 3. The lowest BCUT2D eigenvalue weighted by molar-refractivity contribution is 0.297. The largest absolute Gasteiger partial charge is 0.348 e. The summed E-state index contributed by atoms with van der Waals surface area (Å²) >= 11 is 5.97. The van der Waals surface area contributed by atoms with Gasteiger partial charge in [0.25, 0.3) is 0 Å². The maximum Gasteiger partial charge on any atom is 0.244 e. The molecule has 27 heavy (non-hydrogen) atoms. The van der Waals surface area contributed by atoms with Crippen molar-refractivity contribution in [3.8, 4) is 0 Å². The maximum atomic E-state index is 13.9. The first-order valence-electron chi connectivity index (χ1n) is 8.25. The van der Waals surface area contributed by atoms with E-state index in [1.54, 1.807) is 24.3 Å². The van der Waals surface area contributed by atoms with Gasteiger partial charge < -0.3 is 4.57 Å². The van der Waals surface area contributed by atoms with E-state index in [4.69, 9.17) is 11.6 Å². The first kappa shape index (κ1) is 18.2. The van der Waals surface area contributed by atoms with E-state index in [9.17, 15) is 17.2 Å². The first-order chi connectivity index (χ1) is 12.9. The molecule has 1 aliphatic heterocycles. The van der Waals surface area contributed by atoms with Crippen molar-refractivity contribution in [2.45, 2.75) is 17.5 Å². The van der Waals surface area contributed by atoms with Gasteiger partial charge in [-0.1, -0.05) is 23.7 Å². The lowest BCUT2D eigenvalue weighted by Gasteiger charge is -2.36. The molecule has 0 fully saturated rings. The van der Waals surface area contributed by atoms with Crippen LogP contribution in [0.25, 0.3) is 0 Å². The van der Waals surface area contributed by atoms with Gasteiger partial charge in [0.1, 0.15) is 0 Å². The van der Waals surface area contributed by atoms with E-state index in [2.05, 4.69) is 0 Å². The molecular formula is C19H15ClF2N2O2S. The molecule has 2 heterocycles. The zero-order valence-corrected chi connectivity index (χ0v) is 15.6. The smallest absolute Gasteiger partial charge is 0.244 e. The van der Waals surface area contributed by atoms with Gasteiger partial charge in [0.2, 0.25) is 10.0 Å². The van der Waals surface area contributed by atoms with E-state index in [1.165, 1.54) is 22.5 Å². The predicted octanol–water partition coefficient (Wildman–Crippen LogP) is 4.21. The van der Waals surface area contributed by atoms with Crippen LogP contribution in [0.2, 0.25) is 5.02 Å². The van der Waals surface area contributed by atoms with Crippen LogP contribution in [0.4, 0.5) is 8.78 Å². The van der Waals surface area contributed by atoms with E-state index in [0.29, 0.717) is 22.8 Å². The van der Waals surface area contributed by atoms with Crippen molar-refractivity contribution in [3.63, 3.8) is 0 Å². The Labute approximate surface area is 160 Å². The molecule has 3 aromatic rings. The fraction of sp³-hybridized carbons (Fsp3) is 0.158. The number of rotatable bonds is 3. The highest BCUT2D eigenvalue weighted by Crippen LogP contribution is 2.37. The Bertz CT molecular complexity index is 1110. The van der Waals surface area contributed by atoms with Crippen molar-refractivity contribution < 1.29 is 17.2 Å². The second kappa shape index (κ2) is 6.74. The zero-order chi connectivity index (χ0) is 19.2. The second-order valence-electron chi connectivity index (χ2n) is 6.28. The first-order valence-corrected chi connectivity index (χ1v) is 10.1. The second-order valence-corrected chi connectivity index (χ2v) is 8.60. The minimum absolute atomic E-state index is 0.0580. The molecule has 1 atom stereocenters. The Morgan fingerprint density at radius 1 is 0.963 bits per heavy atom. The van der Waals surface area contributed by atoms with Crippen molar-refractivity contribution in [2.24, 2.45) is 0 Å². The third-order valence-electron chi connectivity index (χ3n) is 4.66. The normalized spacial score (nSPS) is 17.7. The zero-order valence-electron chi connectivity index (χ0n) is 14.0. The number of sulfonamides is 1. The molecule has 1 aromatic heterocycles. The van der Waals surface area contributed by atoms with Gasteiger partial charge in [-0.25, -0.2) is 17.2 Å². The molecule has 0 aliphatic carbocycles. The average Bonchev–Trinajstić information content (AvgIpc) is 3.12. The molecule has 0 N–H and O–H groups in total. The van der Waals surface area contributed by atoms with E-state index in [1.807, 2.05) is 10.8 Å². The molecule has 0 saturated carbocycles. The fourth-order valence-corrected chi connectivity index (χ4v) is 5.28. The molecule has 8 heteroatoms. The van der Waals surface area contributed by atoms with Crippen molar-refractivity contribution in [2.75, 3.05) is 6.54 Å². The summed E-state index contributed by atoms with van der Waals surface area (Å²) in [6.07, 6.45) is 1.84. The van der Waals surface area contributed by atoms with E-state index in [0.717, 1.165) is 12.1 Å². The van der Waals surface area contributed by atoms with Crippen LogP contribution in [0.3, 0.4) is 0 Å². The van der Waals surface area contributed by atoms with Crippen LogP contribution in [0.15, 0.2) is 65.7 Å². The van der Waals surface area contributed by atoms with Crippen LogP contribution in [-0.2, 0) is 16.6 Å². The number of benzene rings is 2. The van der Waals surface area contributed by atoms with Gasteiger partial charge in [0.15, 0.2) is 11.6 Å². The lowest BCUT2D eigenvalue weighted by atomic mass is 10.0. The van der Waals surface area contributed by atoms with Crippen LogP contribution >= 0.6 is 11.6 Å². The van der Waals surface area contributed by atoms with Crippen LogP contribution in [-0.4, -0.2) is 23.8 Å². The Hall–Kier alpha value is -2.22. The molecule has 0 bridgehead atoms. The Morgan fingerprint density at radius 3 is 2.52 bits per heavy atom. The summed E-state index contributed by atoms with van der Waals surface area (Å²) in [7, 11) is -3.91. The molecule has 2 aromatic carbocycles. The van der Waals surface area contributed by atoms with Gasteiger partial charge in [-0.2, -0.15) is 4.31 Å². The monoisotopic (exact) mass is 408 g/mol. The molecule has 140 valence electrons. The summed E-state index contributed by atoms with van der Waals surface area (Å²) < 4.78 is 57.1. The van der Waals surface area contributed by atoms with Gasteiger partial charge in [0.05, 0.1) is 10.9 Å². The molecular weight excluding hydrogens is 394 g/mol. The predicted molar refractivity (Wildman–Crippen MR) is 98.0 cm³/mol. The fourth-order valence-electron chi connectivity index (χ4n) is 3.40. The summed E-state index contributed by atoms with van der Waals surface area (Å²) in [5.41, 5.74) is 1.05. The van der Waals surface area contributed by atoms with E-state index >= 15 is 0 Å². The summed E-state index contributed by atoms with van der Waals surface area (Å²) in [6, 6.07) is 12.3. The van der Waals surface area contributed by atoms with Crippen LogP contribution < -0.4 is 0 Å². The van der Waals surface area contributed by atoms with Gasteiger partial charge in [-0.15, -0.1) is 0 Å². The Morgan fingerprint density at radius 2 is 1.78 bits per heavy atom. The molecule has 0 spiro atoms. The summed E-state index contributed by atoms with van der Waals surface area (Å²) in [6.45, 7) is 0.655. The molecule has 0 radical (unpaired) electrons. The summed E-state index contributed by atoms with van der Waals surface area (Å²) in [5, 5.41) is 0.306. The minimum Gasteiger partial charge on any atom is -0.348 e. The molecule has 0 amide bonds. The molecule has 1 unspecified atom stereocenters. The van der Waals surface area contributed by atoms with Crippen LogP contribution in [0, 0.1) is 11.6 Å². The standard InChI is InChI=1S/C19H15ClF2N2O2S/c20-14-3-1-4-15(12-14)27(25,26)24-10-9-23-8-2-5-18(23)19(24)13-6-7-16(21)17(22)11-13/h1-8,11-12,19H,9-10H2. The number of aromatic nitrogens is 1. The highest BCUT2D eigenvalue weighted by Gasteiger charge is 2.38.